The molecule has 0 N–H and O–H groups in total. The van der Waals surface area contributed by atoms with E-state index in [1.54, 1.807) is 0 Å². The van der Waals surface area contributed by atoms with Gasteiger partial charge in [-0.3, -0.25) is 9.59 Å². The van der Waals surface area contributed by atoms with Crippen LogP contribution in [0.4, 0.5) is 8.78 Å². The number of ether oxygens (including phenoxy) is 2. The average Bonchev–Trinajstić information content (AvgIpc) is 2.34. The van der Waals surface area contributed by atoms with Gasteiger partial charge in [0.1, 0.15) is 18.8 Å². The van der Waals surface area contributed by atoms with E-state index in [4.69, 9.17) is 9.47 Å². The van der Waals surface area contributed by atoms with Crippen LogP contribution >= 0.6 is 15.9 Å². The molecule has 0 heterocycles. The number of hydrogen-bond acceptors (Lipinski definition) is 4. The summed E-state index contributed by atoms with van der Waals surface area (Å²) in [6, 6.07) is 1.65. The topological polar surface area (TPSA) is 52.6 Å². The van der Waals surface area contributed by atoms with Crippen molar-refractivity contribution >= 4 is 27.7 Å². The van der Waals surface area contributed by atoms with Crippen molar-refractivity contribution in [2.75, 3.05) is 13.2 Å². The molecule has 0 bridgehead atoms. The fraction of sp³-hybridized carbons (Fsp3) is 0.385. The Morgan fingerprint density at radius 2 is 2.00 bits per heavy atom. The fourth-order valence-electron chi connectivity index (χ4n) is 1.30. The molecule has 0 fully saturated rings. The van der Waals surface area contributed by atoms with Crippen LogP contribution in [0, 0.1) is 11.6 Å². The maximum Gasteiger partial charge on any atom is 0.313 e. The summed E-state index contributed by atoms with van der Waals surface area (Å²) in [5.74, 6) is -3.18. The Morgan fingerprint density at radius 1 is 1.30 bits per heavy atom. The molecule has 20 heavy (non-hydrogen) atoms. The molecule has 0 spiro atoms. The molecule has 1 rings (SSSR count). The van der Waals surface area contributed by atoms with E-state index in [0.717, 1.165) is 6.07 Å². The molecule has 0 aliphatic rings. The zero-order valence-corrected chi connectivity index (χ0v) is 12.3. The second-order valence-electron chi connectivity index (χ2n) is 3.92. The number of ketones is 1. The number of esters is 1. The molecule has 0 aliphatic carbocycles. The Morgan fingerprint density at radius 3 is 2.60 bits per heavy atom. The summed E-state index contributed by atoms with van der Waals surface area (Å²) in [4.78, 5) is 22.6. The summed E-state index contributed by atoms with van der Waals surface area (Å²) in [5, 5.41) is 0. The maximum atomic E-state index is 13.4. The second kappa shape index (κ2) is 7.94. The highest BCUT2D eigenvalue weighted by Crippen LogP contribution is 2.29. The normalized spacial score (nSPS) is 10.2. The first kappa shape index (κ1) is 16.6. The van der Waals surface area contributed by atoms with Crippen molar-refractivity contribution in [2.24, 2.45) is 0 Å². The van der Waals surface area contributed by atoms with Gasteiger partial charge in [-0.2, -0.15) is 0 Å². The SMILES string of the molecule is CCCOC(=O)CC(=O)COc1c(F)cc(F)cc1Br. The first-order valence-electron chi connectivity index (χ1n) is 5.88. The van der Waals surface area contributed by atoms with E-state index >= 15 is 0 Å². The molecule has 1 aromatic carbocycles. The van der Waals surface area contributed by atoms with Gasteiger partial charge >= 0.3 is 5.97 Å². The molecule has 1 aromatic rings. The van der Waals surface area contributed by atoms with Crippen molar-refractivity contribution < 1.29 is 27.8 Å². The molecule has 4 nitrogen and oxygen atoms in total. The van der Waals surface area contributed by atoms with Crippen LogP contribution in [0.5, 0.6) is 5.75 Å². The molecule has 0 atom stereocenters. The summed E-state index contributed by atoms with van der Waals surface area (Å²) in [6.07, 6.45) is 0.213. The van der Waals surface area contributed by atoms with Crippen LogP contribution in [-0.4, -0.2) is 25.0 Å². The Hall–Kier alpha value is -1.50. The van der Waals surface area contributed by atoms with E-state index in [1.165, 1.54) is 0 Å². The van der Waals surface area contributed by atoms with Gasteiger partial charge in [0, 0.05) is 6.07 Å². The van der Waals surface area contributed by atoms with E-state index in [-0.39, 0.29) is 16.8 Å². The van der Waals surface area contributed by atoms with Gasteiger partial charge in [-0.15, -0.1) is 0 Å². The minimum absolute atomic E-state index is 0.0522. The van der Waals surface area contributed by atoms with Gasteiger partial charge in [-0.05, 0) is 28.4 Å². The molecule has 0 saturated carbocycles. The van der Waals surface area contributed by atoms with Crippen LogP contribution in [0.2, 0.25) is 0 Å². The predicted molar refractivity (Wildman–Crippen MR) is 70.4 cm³/mol. The molecule has 110 valence electrons. The molecular weight excluding hydrogens is 338 g/mol. The van der Waals surface area contributed by atoms with E-state index in [9.17, 15) is 18.4 Å². The summed E-state index contributed by atoms with van der Waals surface area (Å²) in [6.45, 7) is 1.57. The molecular formula is C13H13BrF2O4. The van der Waals surface area contributed by atoms with Crippen LogP contribution in [0.25, 0.3) is 0 Å². The lowest BCUT2D eigenvalue weighted by molar-refractivity contribution is -0.146. The smallest absolute Gasteiger partial charge is 0.313 e. The quantitative estimate of drug-likeness (QED) is 0.560. The Kier molecular flexibility index (Phi) is 6.57. The summed E-state index contributed by atoms with van der Waals surface area (Å²) in [5.41, 5.74) is 0. The number of carbonyl (C=O) groups excluding carboxylic acids is 2. The number of benzene rings is 1. The Balaban J connectivity index is 2.51. The Labute approximate surface area is 123 Å². The maximum absolute atomic E-state index is 13.4. The van der Waals surface area contributed by atoms with Crippen molar-refractivity contribution in [1.82, 2.24) is 0 Å². The summed E-state index contributed by atoms with van der Waals surface area (Å²) in [7, 11) is 0. The van der Waals surface area contributed by atoms with Crippen molar-refractivity contribution in [2.45, 2.75) is 19.8 Å². The predicted octanol–water partition coefficient (Wildman–Crippen LogP) is 3.02. The van der Waals surface area contributed by atoms with Gasteiger partial charge in [0.25, 0.3) is 0 Å². The molecule has 0 unspecified atom stereocenters. The minimum atomic E-state index is -0.932. The molecule has 7 heteroatoms. The second-order valence-corrected chi connectivity index (χ2v) is 4.78. The number of hydrogen-bond donors (Lipinski definition) is 0. The number of halogens is 3. The highest BCUT2D eigenvalue weighted by atomic mass is 79.9. The average molecular weight is 351 g/mol. The standard InChI is InChI=1S/C13H13BrF2O4/c1-2-3-19-12(18)6-9(17)7-20-13-10(14)4-8(15)5-11(13)16/h4-5H,2-3,6-7H2,1H3. The number of Topliss-reactive ketones (excluding diaryl/α,β-unsaturated/α-hetero) is 1. The third kappa shape index (κ3) is 5.24. The van der Waals surface area contributed by atoms with Crippen molar-refractivity contribution in [3.8, 4) is 5.75 Å². The molecule has 0 amide bonds. The van der Waals surface area contributed by atoms with Crippen LogP contribution in [0.3, 0.4) is 0 Å². The molecule has 0 radical (unpaired) electrons. The lowest BCUT2D eigenvalue weighted by Gasteiger charge is -2.08. The van der Waals surface area contributed by atoms with Gasteiger partial charge < -0.3 is 9.47 Å². The van der Waals surface area contributed by atoms with E-state index in [0.29, 0.717) is 12.5 Å². The lowest BCUT2D eigenvalue weighted by atomic mass is 10.3. The van der Waals surface area contributed by atoms with Crippen LogP contribution in [0.15, 0.2) is 16.6 Å². The summed E-state index contributed by atoms with van der Waals surface area (Å²) < 4.78 is 36.0. The van der Waals surface area contributed by atoms with Crippen molar-refractivity contribution in [3.05, 3.63) is 28.2 Å². The summed E-state index contributed by atoms with van der Waals surface area (Å²) >= 11 is 2.93. The highest BCUT2D eigenvalue weighted by Gasteiger charge is 2.15. The van der Waals surface area contributed by atoms with Crippen molar-refractivity contribution in [3.63, 3.8) is 0 Å². The minimum Gasteiger partial charge on any atom is -0.482 e. The van der Waals surface area contributed by atoms with Crippen LogP contribution < -0.4 is 4.74 Å². The number of rotatable bonds is 7. The zero-order chi connectivity index (χ0) is 15.1. The van der Waals surface area contributed by atoms with Crippen molar-refractivity contribution in [1.29, 1.82) is 0 Å². The van der Waals surface area contributed by atoms with E-state index in [2.05, 4.69) is 15.9 Å². The molecule has 0 aliphatic heterocycles. The van der Waals surface area contributed by atoms with Gasteiger partial charge in [0.2, 0.25) is 0 Å². The Bertz CT molecular complexity index is 482. The highest BCUT2D eigenvalue weighted by molar-refractivity contribution is 9.10. The third-order valence-electron chi connectivity index (χ3n) is 2.15. The van der Waals surface area contributed by atoms with Crippen LogP contribution in [-0.2, 0) is 14.3 Å². The third-order valence-corrected chi connectivity index (χ3v) is 2.74. The van der Waals surface area contributed by atoms with E-state index in [1.807, 2.05) is 6.92 Å². The molecule has 0 saturated heterocycles. The van der Waals surface area contributed by atoms with E-state index < -0.39 is 36.4 Å². The lowest BCUT2D eigenvalue weighted by Crippen LogP contribution is -2.18. The van der Waals surface area contributed by atoms with Gasteiger partial charge in [-0.25, -0.2) is 8.78 Å². The first-order valence-corrected chi connectivity index (χ1v) is 6.68. The van der Waals surface area contributed by atoms with Crippen LogP contribution in [0.1, 0.15) is 19.8 Å². The first-order chi connectivity index (χ1) is 9.43. The number of carbonyl (C=O) groups is 2. The van der Waals surface area contributed by atoms with Gasteiger partial charge in [0.15, 0.2) is 17.3 Å². The monoisotopic (exact) mass is 350 g/mol. The largest absolute Gasteiger partial charge is 0.482 e. The fourth-order valence-corrected chi connectivity index (χ4v) is 1.82. The van der Waals surface area contributed by atoms with Gasteiger partial charge in [-0.1, -0.05) is 6.92 Å². The molecule has 0 aromatic heterocycles. The zero-order valence-electron chi connectivity index (χ0n) is 10.8. The van der Waals surface area contributed by atoms with Gasteiger partial charge in [0.05, 0.1) is 11.1 Å².